The molecule has 0 aliphatic carbocycles. The molecule has 3 aromatic rings. The third-order valence-electron chi connectivity index (χ3n) is 6.49. The smallest absolute Gasteiger partial charge is 0.0424 e. The normalized spacial score (nSPS) is 15.2. The van der Waals surface area contributed by atoms with E-state index in [0.717, 1.165) is 32.1 Å². The van der Waals surface area contributed by atoms with Gasteiger partial charge in [0.05, 0.1) is 0 Å². The molecule has 0 saturated carbocycles. The van der Waals surface area contributed by atoms with E-state index in [2.05, 4.69) is 86.0 Å². The number of piperidine rings is 1. The molecule has 0 bridgehead atoms. The van der Waals surface area contributed by atoms with Gasteiger partial charge in [-0.25, -0.2) is 0 Å². The number of hydrogen-bond acceptors (Lipinski definition) is 4. The van der Waals surface area contributed by atoms with Gasteiger partial charge in [0.1, 0.15) is 0 Å². The van der Waals surface area contributed by atoms with Crippen LogP contribution in [0.1, 0.15) is 49.6 Å². The van der Waals surface area contributed by atoms with Gasteiger partial charge in [0.25, 0.3) is 0 Å². The fraction of sp³-hybridized carbons (Fsp3) is 0.429. The number of benzene rings is 2. The first-order valence-electron chi connectivity index (χ1n) is 11.9. The molecular weight excluding hydrogens is 410 g/mol. The maximum atomic E-state index is 5.82. The van der Waals surface area contributed by atoms with Gasteiger partial charge in [-0.1, -0.05) is 69.3 Å². The Morgan fingerprint density at radius 3 is 2.25 bits per heavy atom. The maximum absolute atomic E-state index is 5.82. The molecule has 4 N–H and O–H groups in total. The van der Waals surface area contributed by atoms with Gasteiger partial charge in [-0.05, 0) is 72.1 Å². The van der Waals surface area contributed by atoms with Gasteiger partial charge in [-0.15, -0.1) is 11.3 Å². The molecule has 170 valence electrons. The largest absolute Gasteiger partial charge is 0.326 e. The summed E-state index contributed by atoms with van der Waals surface area (Å²) in [5.74, 6) is 0.795. The molecule has 1 aliphatic rings. The molecule has 4 heteroatoms. The Kier molecular flexibility index (Phi) is 7.47. The highest BCUT2D eigenvalue weighted by atomic mass is 32.1. The van der Waals surface area contributed by atoms with Crippen molar-refractivity contribution in [1.82, 2.24) is 10.6 Å². The van der Waals surface area contributed by atoms with Gasteiger partial charge in [-0.2, -0.15) is 0 Å². The lowest BCUT2D eigenvalue weighted by Gasteiger charge is -2.22. The summed E-state index contributed by atoms with van der Waals surface area (Å²) >= 11 is 1.92. The van der Waals surface area contributed by atoms with Crippen LogP contribution in [0.25, 0.3) is 21.6 Å². The Balaban J connectivity index is 1.59. The van der Waals surface area contributed by atoms with Crippen molar-refractivity contribution in [3.8, 4) is 21.6 Å². The number of nitrogens with one attached hydrogen (secondary N) is 2. The van der Waals surface area contributed by atoms with Crippen molar-refractivity contribution in [2.45, 2.75) is 52.1 Å². The summed E-state index contributed by atoms with van der Waals surface area (Å²) < 4.78 is 0. The first-order chi connectivity index (χ1) is 15.4. The van der Waals surface area contributed by atoms with Crippen LogP contribution in [0.4, 0.5) is 0 Å². The predicted molar refractivity (Wildman–Crippen MR) is 139 cm³/mol. The minimum Gasteiger partial charge on any atom is -0.326 e. The number of rotatable bonds is 7. The lowest BCUT2D eigenvalue weighted by molar-refractivity contribution is 0.357. The third-order valence-corrected chi connectivity index (χ3v) is 7.67. The van der Waals surface area contributed by atoms with Crippen LogP contribution in [0.5, 0.6) is 0 Å². The quantitative estimate of drug-likeness (QED) is 0.421. The van der Waals surface area contributed by atoms with Crippen LogP contribution >= 0.6 is 11.3 Å². The lowest BCUT2D eigenvalue weighted by atomic mass is 9.86. The zero-order valence-corrected chi connectivity index (χ0v) is 20.5. The second-order valence-electron chi connectivity index (χ2n) is 10.0. The van der Waals surface area contributed by atoms with Crippen LogP contribution in [0, 0.1) is 5.92 Å². The molecule has 2 aromatic carbocycles. The molecule has 0 spiro atoms. The fourth-order valence-corrected chi connectivity index (χ4v) is 5.54. The molecule has 1 aliphatic heterocycles. The highest BCUT2D eigenvalue weighted by molar-refractivity contribution is 7.16. The van der Waals surface area contributed by atoms with Crippen molar-refractivity contribution in [3.05, 3.63) is 70.6 Å². The molecule has 32 heavy (non-hydrogen) atoms. The Morgan fingerprint density at radius 1 is 0.969 bits per heavy atom. The Morgan fingerprint density at radius 2 is 1.62 bits per heavy atom. The SMILES string of the molecule is CC(C)(C)c1ccc(-c2sc(CNCC3CCNCC3)cc2-c2ccc(CN)cc2)cc1. The van der Waals surface area contributed by atoms with E-state index in [0.29, 0.717) is 6.54 Å². The van der Waals surface area contributed by atoms with E-state index in [1.807, 2.05) is 11.3 Å². The zero-order chi connectivity index (χ0) is 22.6. The van der Waals surface area contributed by atoms with E-state index in [1.54, 1.807) is 0 Å². The molecule has 3 nitrogen and oxygen atoms in total. The monoisotopic (exact) mass is 447 g/mol. The molecule has 1 aromatic heterocycles. The summed E-state index contributed by atoms with van der Waals surface area (Å²) in [6.45, 7) is 11.7. The van der Waals surface area contributed by atoms with Gasteiger partial charge < -0.3 is 16.4 Å². The summed E-state index contributed by atoms with van der Waals surface area (Å²) in [5, 5.41) is 7.19. The van der Waals surface area contributed by atoms with Gasteiger partial charge >= 0.3 is 0 Å². The van der Waals surface area contributed by atoms with E-state index in [1.165, 1.54) is 50.4 Å². The molecule has 1 saturated heterocycles. The van der Waals surface area contributed by atoms with Crippen molar-refractivity contribution < 1.29 is 0 Å². The van der Waals surface area contributed by atoms with Gasteiger partial charge in [0.2, 0.25) is 0 Å². The Labute approximate surface area is 197 Å². The minimum atomic E-state index is 0.165. The van der Waals surface area contributed by atoms with Gasteiger partial charge in [0.15, 0.2) is 0 Å². The topological polar surface area (TPSA) is 50.1 Å². The molecule has 0 amide bonds. The molecule has 1 fully saturated rings. The molecule has 2 heterocycles. The second-order valence-corrected chi connectivity index (χ2v) is 11.1. The average molecular weight is 448 g/mol. The average Bonchev–Trinajstić information content (AvgIpc) is 3.23. The van der Waals surface area contributed by atoms with Crippen molar-refractivity contribution in [2.75, 3.05) is 19.6 Å². The predicted octanol–water partition coefficient (Wildman–Crippen LogP) is 5.93. The first-order valence-corrected chi connectivity index (χ1v) is 12.7. The summed E-state index contributed by atoms with van der Waals surface area (Å²) in [7, 11) is 0. The first kappa shape index (κ1) is 23.2. The standard InChI is InChI=1S/C28H37N3S/c1-28(2,3)24-10-8-23(9-11-24)27-26(22-6-4-20(17-29)5-7-22)16-25(32-27)19-31-18-21-12-14-30-15-13-21/h4-11,16,21,30-31H,12-15,17-19,29H2,1-3H3. The maximum Gasteiger partial charge on any atom is 0.0424 e. The van der Waals surface area contributed by atoms with E-state index in [-0.39, 0.29) is 5.41 Å². The number of nitrogens with two attached hydrogens (primary N) is 1. The van der Waals surface area contributed by atoms with Crippen LogP contribution < -0.4 is 16.4 Å². The van der Waals surface area contributed by atoms with E-state index < -0.39 is 0 Å². The highest BCUT2D eigenvalue weighted by Gasteiger charge is 2.17. The van der Waals surface area contributed by atoms with Gasteiger partial charge in [-0.3, -0.25) is 0 Å². The van der Waals surface area contributed by atoms with Crippen molar-refractivity contribution >= 4 is 11.3 Å². The summed E-state index contributed by atoms with van der Waals surface area (Å²) in [4.78, 5) is 2.75. The Bertz CT molecular complexity index is 991. The molecular formula is C28H37N3S. The Hall–Kier alpha value is -1.98. The highest BCUT2D eigenvalue weighted by Crippen LogP contribution is 2.40. The summed E-state index contributed by atoms with van der Waals surface area (Å²) in [6.07, 6.45) is 2.56. The molecule has 0 unspecified atom stereocenters. The lowest BCUT2D eigenvalue weighted by Crippen LogP contribution is -2.33. The van der Waals surface area contributed by atoms with Crippen molar-refractivity contribution in [2.24, 2.45) is 11.7 Å². The molecule has 0 atom stereocenters. The van der Waals surface area contributed by atoms with Crippen LogP contribution in [0.15, 0.2) is 54.6 Å². The molecule has 0 radical (unpaired) electrons. The minimum absolute atomic E-state index is 0.165. The van der Waals surface area contributed by atoms with E-state index in [9.17, 15) is 0 Å². The second kappa shape index (κ2) is 10.3. The van der Waals surface area contributed by atoms with Crippen LogP contribution in [0.3, 0.4) is 0 Å². The van der Waals surface area contributed by atoms with Crippen LogP contribution in [-0.2, 0) is 18.5 Å². The van der Waals surface area contributed by atoms with Gasteiger partial charge in [0, 0.05) is 28.4 Å². The number of thiophene rings is 1. The fourth-order valence-electron chi connectivity index (χ4n) is 4.39. The van der Waals surface area contributed by atoms with E-state index >= 15 is 0 Å². The van der Waals surface area contributed by atoms with E-state index in [4.69, 9.17) is 5.73 Å². The molecule has 4 rings (SSSR count). The van der Waals surface area contributed by atoms with Crippen LogP contribution in [-0.4, -0.2) is 19.6 Å². The summed E-state index contributed by atoms with van der Waals surface area (Å²) in [6, 6.07) is 20.2. The van der Waals surface area contributed by atoms with Crippen molar-refractivity contribution in [1.29, 1.82) is 0 Å². The van der Waals surface area contributed by atoms with Crippen molar-refractivity contribution in [3.63, 3.8) is 0 Å². The zero-order valence-electron chi connectivity index (χ0n) is 19.7. The van der Waals surface area contributed by atoms with Crippen LogP contribution in [0.2, 0.25) is 0 Å². The third kappa shape index (κ3) is 5.68. The number of hydrogen-bond donors (Lipinski definition) is 3. The summed E-state index contributed by atoms with van der Waals surface area (Å²) in [5.41, 5.74) is 12.4.